The summed E-state index contributed by atoms with van der Waals surface area (Å²) >= 11 is 0. The summed E-state index contributed by atoms with van der Waals surface area (Å²) in [4.78, 5) is 4.24. The Hall–Kier alpha value is -1.22. The van der Waals surface area contributed by atoms with Gasteiger partial charge in [0, 0.05) is 23.7 Å². The lowest BCUT2D eigenvalue weighted by molar-refractivity contribution is 0.0438. The molecule has 1 unspecified atom stereocenters. The van der Waals surface area contributed by atoms with E-state index in [0.717, 1.165) is 5.69 Å². The van der Waals surface area contributed by atoms with Crippen molar-refractivity contribution in [2.75, 3.05) is 18.9 Å². The number of aliphatic hydroxyl groups is 2. The molecule has 1 aliphatic rings. The zero-order valence-electron chi connectivity index (χ0n) is 13.4. The summed E-state index contributed by atoms with van der Waals surface area (Å²) in [6.45, 7) is 3.69. The zero-order chi connectivity index (χ0) is 17.1. The van der Waals surface area contributed by atoms with Gasteiger partial charge >= 0.3 is 0 Å². The quantitative estimate of drug-likeness (QED) is 0.652. The number of hydrogen-bond donors (Lipinski definition) is 3. The Morgan fingerprint density at radius 3 is 2.57 bits per heavy atom. The summed E-state index contributed by atoms with van der Waals surface area (Å²) in [7, 11) is -3.35. The van der Waals surface area contributed by atoms with Gasteiger partial charge in [0.2, 0.25) is 15.9 Å². The first-order chi connectivity index (χ1) is 10.8. The molecule has 1 saturated carbocycles. The van der Waals surface area contributed by atoms with Crippen molar-refractivity contribution in [2.45, 2.75) is 38.9 Å². The van der Waals surface area contributed by atoms with E-state index in [1.807, 2.05) is 19.1 Å². The van der Waals surface area contributed by atoms with Crippen LogP contribution in [0.2, 0.25) is 0 Å². The van der Waals surface area contributed by atoms with Crippen molar-refractivity contribution in [3.8, 4) is 5.88 Å². The van der Waals surface area contributed by atoms with Crippen molar-refractivity contribution in [3.05, 3.63) is 23.9 Å². The molecule has 0 saturated heterocycles. The fraction of sp³-hybridized carbons (Fsp3) is 0.667. The molecule has 0 aliphatic heterocycles. The van der Waals surface area contributed by atoms with Gasteiger partial charge in [-0.1, -0.05) is 6.07 Å². The Morgan fingerprint density at radius 1 is 1.35 bits per heavy atom. The second-order valence-electron chi connectivity index (χ2n) is 6.17. The summed E-state index contributed by atoms with van der Waals surface area (Å²) in [5.74, 6) is 0.424. The Kier molecular flexibility index (Phi) is 5.61. The number of rotatable bonds is 7. The minimum atomic E-state index is -3.35. The molecule has 0 spiro atoms. The number of ether oxygens (including phenoxy) is 1. The fourth-order valence-corrected chi connectivity index (χ4v) is 3.48. The minimum Gasteiger partial charge on any atom is -0.477 e. The molecule has 1 aromatic rings. The predicted molar refractivity (Wildman–Crippen MR) is 85.6 cm³/mol. The van der Waals surface area contributed by atoms with Gasteiger partial charge in [-0.25, -0.2) is 18.1 Å². The molecule has 1 aliphatic carbocycles. The molecule has 1 heterocycles. The average molecular weight is 344 g/mol. The van der Waals surface area contributed by atoms with E-state index in [2.05, 4.69) is 9.71 Å². The molecule has 0 radical (unpaired) electrons. The van der Waals surface area contributed by atoms with Gasteiger partial charge in [-0.15, -0.1) is 0 Å². The van der Waals surface area contributed by atoms with E-state index in [0.29, 0.717) is 5.88 Å². The molecule has 3 N–H and O–H groups in total. The molecule has 23 heavy (non-hydrogen) atoms. The number of hydrogen-bond acceptors (Lipinski definition) is 6. The third-order valence-electron chi connectivity index (χ3n) is 4.16. The van der Waals surface area contributed by atoms with Crippen LogP contribution in [0.15, 0.2) is 18.2 Å². The van der Waals surface area contributed by atoms with Crippen LogP contribution >= 0.6 is 0 Å². The molecule has 0 bridgehead atoms. The van der Waals surface area contributed by atoms with Gasteiger partial charge in [-0.3, -0.25) is 0 Å². The Bertz CT molecular complexity index is 625. The zero-order valence-corrected chi connectivity index (χ0v) is 14.2. The molecular formula is C15H24N2O5S. The van der Waals surface area contributed by atoms with E-state index in [1.54, 1.807) is 13.0 Å². The highest BCUT2D eigenvalue weighted by atomic mass is 32.2. The lowest BCUT2D eigenvalue weighted by Crippen LogP contribution is -2.41. The molecule has 3 atom stereocenters. The topological polar surface area (TPSA) is 109 Å². The largest absolute Gasteiger partial charge is 0.477 e. The van der Waals surface area contributed by atoms with Gasteiger partial charge in [0.15, 0.2) is 0 Å². The molecule has 1 aromatic heterocycles. The van der Waals surface area contributed by atoms with E-state index in [-0.39, 0.29) is 31.7 Å². The van der Waals surface area contributed by atoms with Gasteiger partial charge in [0.1, 0.15) is 0 Å². The first-order valence-electron chi connectivity index (χ1n) is 7.65. The molecule has 8 heteroatoms. The Labute approximate surface area is 136 Å². The van der Waals surface area contributed by atoms with Crippen molar-refractivity contribution in [3.63, 3.8) is 0 Å². The van der Waals surface area contributed by atoms with Crippen LogP contribution in [0.3, 0.4) is 0 Å². The van der Waals surface area contributed by atoms with Crippen molar-refractivity contribution >= 4 is 10.0 Å². The first kappa shape index (κ1) is 18.1. The van der Waals surface area contributed by atoms with Crippen LogP contribution in [-0.4, -0.2) is 54.7 Å². The summed E-state index contributed by atoms with van der Waals surface area (Å²) in [5, 5.41) is 19.7. The van der Waals surface area contributed by atoms with E-state index < -0.39 is 27.6 Å². The number of aryl methyl sites for hydroxylation is 1. The highest BCUT2D eigenvalue weighted by molar-refractivity contribution is 7.89. The summed E-state index contributed by atoms with van der Waals surface area (Å²) < 4.78 is 31.6. The van der Waals surface area contributed by atoms with E-state index in [1.165, 1.54) is 0 Å². The second-order valence-corrected chi connectivity index (χ2v) is 8.27. The van der Waals surface area contributed by atoms with Crippen molar-refractivity contribution in [1.82, 2.24) is 9.71 Å². The summed E-state index contributed by atoms with van der Waals surface area (Å²) in [6, 6.07) is 5.39. The SMILES string of the molecule is CCS(=O)(=O)NCC1(COc2cccc(C)n2)C[C@@H](O)[C@@H](O)C1. The van der Waals surface area contributed by atoms with Crippen molar-refractivity contribution in [1.29, 1.82) is 0 Å². The van der Waals surface area contributed by atoms with Crippen LogP contribution in [0.1, 0.15) is 25.5 Å². The highest BCUT2D eigenvalue weighted by Crippen LogP contribution is 2.38. The van der Waals surface area contributed by atoms with Crippen LogP contribution in [0, 0.1) is 12.3 Å². The van der Waals surface area contributed by atoms with Crippen LogP contribution in [0.5, 0.6) is 5.88 Å². The van der Waals surface area contributed by atoms with E-state index in [4.69, 9.17) is 4.74 Å². The standard InChI is InChI=1S/C15H24N2O5S/c1-3-23(20,21)16-9-15(7-12(18)13(19)8-15)10-22-14-6-4-5-11(2)17-14/h4-6,12-13,16,18-19H,3,7-10H2,1-2H3/t12-,13+,15?. The predicted octanol–water partition coefficient (Wildman–Crippen LogP) is 0.210. The monoisotopic (exact) mass is 344 g/mol. The maximum Gasteiger partial charge on any atom is 0.213 e. The number of sulfonamides is 1. The number of aromatic nitrogens is 1. The van der Waals surface area contributed by atoms with Crippen molar-refractivity contribution in [2.24, 2.45) is 5.41 Å². The summed E-state index contributed by atoms with van der Waals surface area (Å²) in [6.07, 6.45) is -1.22. The van der Waals surface area contributed by atoms with Crippen molar-refractivity contribution < 1.29 is 23.4 Å². The van der Waals surface area contributed by atoms with E-state index >= 15 is 0 Å². The lowest BCUT2D eigenvalue weighted by Gasteiger charge is -2.28. The van der Waals surface area contributed by atoms with Crippen LogP contribution in [0.25, 0.3) is 0 Å². The molecule has 1 fully saturated rings. The molecule has 7 nitrogen and oxygen atoms in total. The number of pyridine rings is 1. The molecule has 0 amide bonds. The molecule has 0 aromatic carbocycles. The van der Waals surface area contributed by atoms with Crippen LogP contribution in [-0.2, 0) is 10.0 Å². The third-order valence-corrected chi connectivity index (χ3v) is 5.51. The maximum atomic E-state index is 11.7. The highest BCUT2D eigenvalue weighted by Gasteiger charge is 2.45. The fourth-order valence-electron chi connectivity index (χ4n) is 2.75. The number of aliphatic hydroxyl groups excluding tert-OH is 2. The smallest absolute Gasteiger partial charge is 0.213 e. The normalized spacial score (nSPS) is 28.0. The first-order valence-corrected chi connectivity index (χ1v) is 9.30. The Balaban J connectivity index is 2.08. The second kappa shape index (κ2) is 7.12. The van der Waals surface area contributed by atoms with Gasteiger partial charge in [0.05, 0.1) is 24.6 Å². The lowest BCUT2D eigenvalue weighted by atomic mass is 9.87. The maximum absolute atomic E-state index is 11.7. The Morgan fingerprint density at radius 2 is 2.00 bits per heavy atom. The molecular weight excluding hydrogens is 320 g/mol. The summed E-state index contributed by atoms with van der Waals surface area (Å²) in [5.41, 5.74) is 0.154. The molecule has 2 rings (SSSR count). The minimum absolute atomic E-state index is 0.0194. The third kappa shape index (κ3) is 4.87. The average Bonchev–Trinajstić information content (AvgIpc) is 2.79. The van der Waals surface area contributed by atoms with Gasteiger partial charge in [-0.05, 0) is 32.8 Å². The number of nitrogens with one attached hydrogen (secondary N) is 1. The van der Waals surface area contributed by atoms with Crippen LogP contribution < -0.4 is 9.46 Å². The van der Waals surface area contributed by atoms with E-state index in [9.17, 15) is 18.6 Å². The van der Waals surface area contributed by atoms with Gasteiger partial charge in [0.25, 0.3) is 0 Å². The van der Waals surface area contributed by atoms with Crippen LogP contribution in [0.4, 0.5) is 0 Å². The molecule has 130 valence electrons. The van der Waals surface area contributed by atoms with Gasteiger partial charge in [-0.2, -0.15) is 0 Å². The van der Waals surface area contributed by atoms with Gasteiger partial charge < -0.3 is 14.9 Å². The number of nitrogens with zero attached hydrogens (tertiary/aromatic N) is 1.